The van der Waals surface area contributed by atoms with Crippen LogP contribution in [0.5, 0.6) is 0 Å². The molecule has 1 aliphatic heterocycles. The van der Waals surface area contributed by atoms with Crippen molar-refractivity contribution in [3.8, 4) is 0 Å². The Kier molecular flexibility index (Phi) is 3.05. The lowest BCUT2D eigenvalue weighted by molar-refractivity contribution is -0.112. The Balaban J connectivity index is 2.49. The van der Waals surface area contributed by atoms with Crippen molar-refractivity contribution in [1.29, 1.82) is 0 Å². The predicted molar refractivity (Wildman–Crippen MR) is 45.7 cm³/mol. The van der Waals surface area contributed by atoms with E-state index in [2.05, 4.69) is 10.6 Å². The van der Waals surface area contributed by atoms with Gasteiger partial charge >= 0.3 is 0 Å². The second kappa shape index (κ2) is 3.87. The van der Waals surface area contributed by atoms with Crippen LogP contribution >= 0.6 is 0 Å². The van der Waals surface area contributed by atoms with Crippen LogP contribution in [-0.4, -0.2) is 36.2 Å². The topological polar surface area (TPSA) is 61.4 Å². The number of aliphatic hydroxyl groups is 1. The molecule has 1 amide bonds. The quantitative estimate of drug-likeness (QED) is 0.490. The number of amides is 1. The van der Waals surface area contributed by atoms with Crippen molar-refractivity contribution in [3.05, 3.63) is 0 Å². The molecule has 0 aromatic rings. The van der Waals surface area contributed by atoms with E-state index in [4.69, 9.17) is 0 Å². The average molecular weight is 172 g/mol. The van der Waals surface area contributed by atoms with Crippen molar-refractivity contribution in [3.63, 3.8) is 0 Å². The highest BCUT2D eigenvalue weighted by Gasteiger charge is 2.34. The van der Waals surface area contributed by atoms with Crippen molar-refractivity contribution in [2.45, 2.75) is 31.4 Å². The molecule has 1 rings (SSSR count). The molecule has 1 saturated heterocycles. The van der Waals surface area contributed by atoms with Crippen molar-refractivity contribution in [1.82, 2.24) is 10.6 Å². The number of carbonyl (C=O) groups is 1. The fourth-order valence-electron chi connectivity index (χ4n) is 1.55. The Bertz CT molecular complexity index is 155. The molecule has 0 radical (unpaired) electrons. The highest BCUT2D eigenvalue weighted by molar-refractivity contribution is 5.47. The fourth-order valence-corrected chi connectivity index (χ4v) is 1.55. The van der Waals surface area contributed by atoms with Crippen molar-refractivity contribution >= 4 is 6.41 Å². The first-order valence-corrected chi connectivity index (χ1v) is 4.32. The zero-order chi connectivity index (χ0) is 9.03. The van der Waals surface area contributed by atoms with Crippen LogP contribution in [0, 0.1) is 0 Å². The number of piperidine rings is 1. The molecule has 1 unspecified atom stereocenters. The summed E-state index contributed by atoms with van der Waals surface area (Å²) in [7, 11) is 0. The smallest absolute Gasteiger partial charge is 0.207 e. The van der Waals surface area contributed by atoms with E-state index < -0.39 is 5.60 Å². The summed E-state index contributed by atoms with van der Waals surface area (Å²) in [4.78, 5) is 10.2. The summed E-state index contributed by atoms with van der Waals surface area (Å²) in [5.74, 6) is 0. The largest absolute Gasteiger partial charge is 0.388 e. The molecule has 4 heteroatoms. The van der Waals surface area contributed by atoms with Crippen LogP contribution in [0.1, 0.15) is 19.8 Å². The van der Waals surface area contributed by atoms with Gasteiger partial charge in [-0.1, -0.05) is 0 Å². The summed E-state index contributed by atoms with van der Waals surface area (Å²) in [6.45, 7) is 3.47. The van der Waals surface area contributed by atoms with Gasteiger partial charge in [0.1, 0.15) is 0 Å². The van der Waals surface area contributed by atoms with Gasteiger partial charge in [-0.3, -0.25) is 4.79 Å². The van der Waals surface area contributed by atoms with Crippen LogP contribution in [0.3, 0.4) is 0 Å². The summed E-state index contributed by atoms with van der Waals surface area (Å²) in [6, 6.07) is -0.155. The molecule has 12 heavy (non-hydrogen) atoms. The Morgan fingerprint density at radius 3 is 2.67 bits per heavy atom. The number of rotatable bonds is 3. The van der Waals surface area contributed by atoms with E-state index in [1.165, 1.54) is 0 Å². The Morgan fingerprint density at radius 2 is 2.17 bits per heavy atom. The highest BCUT2D eigenvalue weighted by Crippen LogP contribution is 2.21. The molecule has 0 aromatic heterocycles. The second-order valence-electron chi connectivity index (χ2n) is 3.36. The first-order chi connectivity index (χ1) is 5.69. The van der Waals surface area contributed by atoms with Crippen molar-refractivity contribution in [2.75, 3.05) is 13.1 Å². The molecule has 0 aromatic carbocycles. The molecular weight excluding hydrogens is 156 g/mol. The van der Waals surface area contributed by atoms with Gasteiger partial charge in [-0.05, 0) is 32.9 Å². The number of carbonyl (C=O) groups excluding carboxylic acids is 1. The van der Waals surface area contributed by atoms with E-state index >= 15 is 0 Å². The fraction of sp³-hybridized carbons (Fsp3) is 0.875. The lowest BCUT2D eigenvalue weighted by Crippen LogP contribution is -2.54. The molecule has 3 N–H and O–H groups in total. The average Bonchev–Trinajstić information content (AvgIpc) is 2.06. The van der Waals surface area contributed by atoms with Gasteiger partial charge in [0.2, 0.25) is 6.41 Å². The molecule has 0 saturated carbocycles. The van der Waals surface area contributed by atoms with Gasteiger partial charge < -0.3 is 15.7 Å². The lowest BCUT2D eigenvalue weighted by Gasteiger charge is -2.37. The summed E-state index contributed by atoms with van der Waals surface area (Å²) in [5.41, 5.74) is -0.716. The minimum absolute atomic E-state index is 0.155. The zero-order valence-electron chi connectivity index (χ0n) is 7.34. The summed E-state index contributed by atoms with van der Waals surface area (Å²) < 4.78 is 0. The van der Waals surface area contributed by atoms with E-state index in [1.807, 2.05) is 6.92 Å². The third-order valence-corrected chi connectivity index (χ3v) is 2.59. The Morgan fingerprint density at radius 1 is 1.58 bits per heavy atom. The van der Waals surface area contributed by atoms with Gasteiger partial charge in [0.25, 0.3) is 0 Å². The SMILES string of the molecule is CC(NC=O)C1(O)CCNCC1. The third-order valence-electron chi connectivity index (χ3n) is 2.59. The van der Waals surface area contributed by atoms with Gasteiger partial charge in [-0.25, -0.2) is 0 Å². The van der Waals surface area contributed by atoms with Gasteiger partial charge in [-0.2, -0.15) is 0 Å². The minimum atomic E-state index is -0.716. The molecule has 0 bridgehead atoms. The van der Waals surface area contributed by atoms with Crippen LogP contribution in [0.25, 0.3) is 0 Å². The highest BCUT2D eigenvalue weighted by atomic mass is 16.3. The predicted octanol–water partition coefficient (Wildman–Crippen LogP) is -0.765. The molecule has 70 valence electrons. The van der Waals surface area contributed by atoms with E-state index in [9.17, 15) is 9.90 Å². The zero-order valence-corrected chi connectivity index (χ0v) is 7.34. The maximum Gasteiger partial charge on any atom is 0.207 e. The lowest BCUT2D eigenvalue weighted by atomic mass is 9.86. The molecule has 1 aliphatic rings. The summed E-state index contributed by atoms with van der Waals surface area (Å²) in [5, 5.41) is 15.8. The first-order valence-electron chi connectivity index (χ1n) is 4.32. The number of hydrogen-bond acceptors (Lipinski definition) is 3. The Hall–Kier alpha value is -0.610. The van der Waals surface area contributed by atoms with Crippen molar-refractivity contribution in [2.24, 2.45) is 0 Å². The molecular formula is C8H16N2O2. The normalized spacial score (nSPS) is 24.5. The van der Waals surface area contributed by atoms with Crippen LogP contribution in [-0.2, 0) is 4.79 Å². The van der Waals surface area contributed by atoms with Gasteiger partial charge in [0, 0.05) is 0 Å². The van der Waals surface area contributed by atoms with Gasteiger partial charge in [0.05, 0.1) is 11.6 Å². The minimum Gasteiger partial charge on any atom is -0.388 e. The number of nitrogens with one attached hydrogen (secondary N) is 2. The van der Waals surface area contributed by atoms with Crippen LogP contribution in [0.4, 0.5) is 0 Å². The van der Waals surface area contributed by atoms with E-state index in [0.29, 0.717) is 19.3 Å². The van der Waals surface area contributed by atoms with E-state index in [1.54, 1.807) is 0 Å². The molecule has 1 heterocycles. The van der Waals surface area contributed by atoms with Crippen LogP contribution in [0.2, 0.25) is 0 Å². The van der Waals surface area contributed by atoms with Gasteiger partial charge in [-0.15, -0.1) is 0 Å². The maximum atomic E-state index is 10.2. The van der Waals surface area contributed by atoms with Crippen molar-refractivity contribution < 1.29 is 9.90 Å². The summed E-state index contributed by atoms with van der Waals surface area (Å²) in [6.07, 6.45) is 2.05. The number of hydrogen-bond donors (Lipinski definition) is 3. The summed E-state index contributed by atoms with van der Waals surface area (Å²) >= 11 is 0. The maximum absolute atomic E-state index is 10.2. The third kappa shape index (κ3) is 1.95. The monoisotopic (exact) mass is 172 g/mol. The van der Waals surface area contributed by atoms with E-state index in [0.717, 1.165) is 13.1 Å². The second-order valence-corrected chi connectivity index (χ2v) is 3.36. The molecule has 1 fully saturated rings. The van der Waals surface area contributed by atoms with Crippen LogP contribution < -0.4 is 10.6 Å². The van der Waals surface area contributed by atoms with Gasteiger partial charge in [0.15, 0.2) is 0 Å². The first kappa shape index (κ1) is 9.48. The molecule has 0 spiro atoms. The van der Waals surface area contributed by atoms with Crippen LogP contribution in [0.15, 0.2) is 0 Å². The molecule has 0 aliphatic carbocycles. The van der Waals surface area contributed by atoms with E-state index in [-0.39, 0.29) is 6.04 Å². The standard InChI is InChI=1S/C8H16N2O2/c1-7(10-6-11)8(12)2-4-9-5-3-8/h6-7,9,12H,2-5H2,1H3,(H,10,11). The molecule has 4 nitrogen and oxygen atoms in total. The Labute approximate surface area is 72.3 Å². The molecule has 1 atom stereocenters.